The Morgan fingerprint density at radius 3 is 1.59 bits per heavy atom. The van der Waals surface area contributed by atoms with Crippen molar-refractivity contribution in [2.24, 2.45) is 5.73 Å². The summed E-state index contributed by atoms with van der Waals surface area (Å²) in [6, 6.07) is 15.7. The fourth-order valence-corrected chi connectivity index (χ4v) is 4.16. The van der Waals surface area contributed by atoms with Crippen molar-refractivity contribution in [2.75, 3.05) is 12.3 Å². The van der Waals surface area contributed by atoms with Crippen LogP contribution in [0.5, 0.6) is 5.75 Å². The Morgan fingerprint density at radius 2 is 1.10 bits per heavy atom. The first-order valence-electron chi connectivity index (χ1n) is 12.7. The summed E-state index contributed by atoms with van der Waals surface area (Å²) in [6.45, 7) is -0.354. The SMILES string of the molecule is NCC(=O)N[C@@H](Cc1ccc(Cl)cc1)C(=O)N[C@@H](Cc1ccc(O)cc1)C(=O)N[C@@H](Cc1ccc(N)cc1)C(=O)O. The van der Waals surface area contributed by atoms with Gasteiger partial charge in [-0.2, -0.15) is 0 Å². The number of benzene rings is 3. The summed E-state index contributed by atoms with van der Waals surface area (Å²) >= 11 is 5.96. The van der Waals surface area contributed by atoms with Gasteiger partial charge in [0.15, 0.2) is 0 Å². The first kappa shape index (κ1) is 30.9. The predicted molar refractivity (Wildman–Crippen MR) is 154 cm³/mol. The Labute approximate surface area is 241 Å². The van der Waals surface area contributed by atoms with Gasteiger partial charge in [-0.15, -0.1) is 0 Å². The van der Waals surface area contributed by atoms with Gasteiger partial charge in [0.2, 0.25) is 17.7 Å². The molecule has 0 unspecified atom stereocenters. The van der Waals surface area contributed by atoms with E-state index >= 15 is 0 Å². The minimum absolute atomic E-state index is 0.0146. The quantitative estimate of drug-likeness (QED) is 0.146. The van der Waals surface area contributed by atoms with E-state index in [0.717, 1.165) is 0 Å². The van der Waals surface area contributed by atoms with Gasteiger partial charge >= 0.3 is 5.97 Å². The van der Waals surface area contributed by atoms with Crippen molar-refractivity contribution in [2.45, 2.75) is 37.4 Å². The Balaban J connectivity index is 1.83. The summed E-state index contributed by atoms with van der Waals surface area (Å²) in [7, 11) is 0. The Hall–Kier alpha value is -4.61. The summed E-state index contributed by atoms with van der Waals surface area (Å²) < 4.78 is 0. The fourth-order valence-electron chi connectivity index (χ4n) is 4.03. The molecule has 3 aromatic carbocycles. The molecule has 0 saturated carbocycles. The second-order valence-corrected chi connectivity index (χ2v) is 9.87. The zero-order chi connectivity index (χ0) is 29.9. The highest BCUT2D eigenvalue weighted by atomic mass is 35.5. The van der Waals surface area contributed by atoms with Crippen LogP contribution in [0.15, 0.2) is 72.8 Å². The van der Waals surface area contributed by atoms with Crippen molar-refractivity contribution < 1.29 is 29.4 Å². The van der Waals surface area contributed by atoms with Crippen molar-refractivity contribution >= 4 is 41.0 Å². The molecule has 9 N–H and O–H groups in total. The molecule has 216 valence electrons. The molecule has 3 amide bonds. The predicted octanol–water partition coefficient (Wildman–Crippen LogP) is 1.15. The smallest absolute Gasteiger partial charge is 0.326 e. The van der Waals surface area contributed by atoms with Crippen LogP contribution in [-0.2, 0) is 38.4 Å². The number of amides is 3. The first-order valence-corrected chi connectivity index (χ1v) is 13.1. The number of aromatic hydroxyl groups is 1. The van der Waals surface area contributed by atoms with Gasteiger partial charge in [-0.25, -0.2) is 4.79 Å². The van der Waals surface area contributed by atoms with Gasteiger partial charge in [0.1, 0.15) is 23.9 Å². The number of halogens is 1. The van der Waals surface area contributed by atoms with E-state index in [-0.39, 0.29) is 31.6 Å². The van der Waals surface area contributed by atoms with Gasteiger partial charge in [0, 0.05) is 30.0 Å². The molecular weight excluding hydrogens is 550 g/mol. The van der Waals surface area contributed by atoms with Crippen LogP contribution in [0.3, 0.4) is 0 Å². The summed E-state index contributed by atoms with van der Waals surface area (Å²) in [5.41, 5.74) is 13.6. The van der Waals surface area contributed by atoms with E-state index in [2.05, 4.69) is 16.0 Å². The second-order valence-electron chi connectivity index (χ2n) is 9.43. The summed E-state index contributed by atoms with van der Waals surface area (Å²) in [5.74, 6) is -3.25. The molecule has 0 aromatic heterocycles. The van der Waals surface area contributed by atoms with Crippen LogP contribution in [0, 0.1) is 0 Å². The average molecular weight is 582 g/mol. The Kier molecular flexibility index (Phi) is 11.1. The highest BCUT2D eigenvalue weighted by Crippen LogP contribution is 2.14. The number of nitrogens with one attached hydrogen (secondary N) is 3. The minimum Gasteiger partial charge on any atom is -0.508 e. The summed E-state index contributed by atoms with van der Waals surface area (Å²) in [4.78, 5) is 51.0. The lowest BCUT2D eigenvalue weighted by Gasteiger charge is -2.25. The zero-order valence-corrected chi connectivity index (χ0v) is 22.8. The van der Waals surface area contributed by atoms with Crippen molar-refractivity contribution in [3.05, 3.63) is 94.5 Å². The van der Waals surface area contributed by atoms with E-state index in [1.165, 1.54) is 12.1 Å². The van der Waals surface area contributed by atoms with E-state index in [4.69, 9.17) is 23.1 Å². The highest BCUT2D eigenvalue weighted by molar-refractivity contribution is 6.30. The molecule has 0 saturated heterocycles. The normalized spacial score (nSPS) is 12.9. The van der Waals surface area contributed by atoms with Crippen LogP contribution in [0.2, 0.25) is 5.02 Å². The standard InChI is InChI=1S/C29H32ClN5O6/c30-20-7-1-17(2-8-20)13-23(33-26(37)16-31)27(38)34-24(14-19-5-11-22(36)12-6-19)28(39)35-25(29(40)41)15-18-3-9-21(32)10-4-18/h1-12,23-25,36H,13-16,31-32H2,(H,33,37)(H,34,38)(H,35,39)(H,40,41)/t23-,24-,25-/m0/s1. The van der Waals surface area contributed by atoms with Crippen LogP contribution in [0.4, 0.5) is 5.69 Å². The number of carboxylic acid groups (broad SMARTS) is 1. The number of rotatable bonds is 13. The van der Waals surface area contributed by atoms with Crippen LogP contribution < -0.4 is 27.4 Å². The number of nitrogens with two attached hydrogens (primary N) is 2. The molecule has 0 spiro atoms. The van der Waals surface area contributed by atoms with E-state index < -0.39 is 41.8 Å². The van der Waals surface area contributed by atoms with E-state index in [1.54, 1.807) is 60.7 Å². The monoisotopic (exact) mass is 581 g/mol. The first-order chi connectivity index (χ1) is 19.5. The number of phenolic OH excluding ortho intramolecular Hbond substituents is 1. The molecule has 3 atom stereocenters. The molecule has 0 fully saturated rings. The van der Waals surface area contributed by atoms with Crippen LogP contribution in [0.1, 0.15) is 16.7 Å². The van der Waals surface area contributed by atoms with E-state index in [1.807, 2.05) is 0 Å². The van der Waals surface area contributed by atoms with Gasteiger partial charge in [0.25, 0.3) is 0 Å². The number of nitrogen functional groups attached to an aromatic ring is 1. The largest absolute Gasteiger partial charge is 0.508 e. The zero-order valence-electron chi connectivity index (χ0n) is 22.0. The minimum atomic E-state index is -1.30. The van der Waals surface area contributed by atoms with Crippen LogP contribution in [0.25, 0.3) is 0 Å². The molecule has 0 aliphatic rings. The van der Waals surface area contributed by atoms with Crippen molar-refractivity contribution in [1.82, 2.24) is 16.0 Å². The molecule has 11 nitrogen and oxygen atoms in total. The van der Waals surface area contributed by atoms with Crippen molar-refractivity contribution in [3.63, 3.8) is 0 Å². The fraction of sp³-hybridized carbons (Fsp3) is 0.241. The molecule has 12 heteroatoms. The van der Waals surface area contributed by atoms with E-state index in [0.29, 0.717) is 27.4 Å². The Morgan fingerprint density at radius 1 is 0.683 bits per heavy atom. The molecule has 0 radical (unpaired) electrons. The van der Waals surface area contributed by atoms with Crippen molar-refractivity contribution in [3.8, 4) is 5.75 Å². The number of hydrogen-bond donors (Lipinski definition) is 7. The van der Waals surface area contributed by atoms with Gasteiger partial charge in [-0.05, 0) is 53.1 Å². The van der Waals surface area contributed by atoms with Crippen molar-refractivity contribution in [1.29, 1.82) is 0 Å². The highest BCUT2D eigenvalue weighted by Gasteiger charge is 2.30. The van der Waals surface area contributed by atoms with E-state index in [9.17, 15) is 29.4 Å². The van der Waals surface area contributed by atoms with Gasteiger partial charge < -0.3 is 37.6 Å². The molecule has 0 aliphatic heterocycles. The average Bonchev–Trinajstić information content (AvgIpc) is 2.95. The lowest BCUT2D eigenvalue weighted by atomic mass is 10.0. The topological polar surface area (TPSA) is 197 Å². The number of carbonyl (C=O) groups is 4. The maximum atomic E-state index is 13.4. The van der Waals surface area contributed by atoms with Gasteiger partial charge in [-0.3, -0.25) is 14.4 Å². The van der Waals surface area contributed by atoms with Gasteiger partial charge in [0.05, 0.1) is 6.54 Å². The maximum absolute atomic E-state index is 13.4. The number of carboxylic acids is 1. The lowest BCUT2D eigenvalue weighted by Crippen LogP contribution is -2.57. The number of anilines is 1. The Bertz CT molecular complexity index is 1350. The molecule has 0 bridgehead atoms. The molecule has 41 heavy (non-hydrogen) atoms. The van der Waals surface area contributed by atoms with Gasteiger partial charge in [-0.1, -0.05) is 48.0 Å². The maximum Gasteiger partial charge on any atom is 0.326 e. The third-order valence-corrected chi connectivity index (χ3v) is 6.49. The third kappa shape index (κ3) is 9.82. The molecule has 0 aliphatic carbocycles. The number of phenols is 1. The summed E-state index contributed by atoms with van der Waals surface area (Å²) in [6.07, 6.45) is 0.0364. The molecule has 3 aromatic rings. The molecular formula is C29H32ClN5O6. The lowest BCUT2D eigenvalue weighted by molar-refractivity contribution is -0.142. The molecule has 0 heterocycles. The molecule has 3 rings (SSSR count). The second kappa shape index (κ2) is 14.7. The van der Waals surface area contributed by atoms with Crippen LogP contribution >= 0.6 is 11.6 Å². The third-order valence-electron chi connectivity index (χ3n) is 6.23. The number of carbonyl (C=O) groups excluding carboxylic acids is 3. The number of aliphatic carboxylic acids is 1. The number of hydrogen-bond acceptors (Lipinski definition) is 7. The van der Waals surface area contributed by atoms with Crippen LogP contribution in [-0.4, -0.2) is 58.6 Å². The summed E-state index contributed by atoms with van der Waals surface area (Å²) in [5, 5.41) is 27.7.